The number of hydrogen-bond acceptors (Lipinski definition) is 1. The van der Waals surface area contributed by atoms with Gasteiger partial charge in [-0.05, 0) is 63.7 Å². The third-order valence-corrected chi connectivity index (χ3v) is 5.37. The van der Waals surface area contributed by atoms with Crippen molar-refractivity contribution in [3.63, 3.8) is 0 Å². The zero-order valence-electron chi connectivity index (χ0n) is 16.3. The third-order valence-electron chi connectivity index (χ3n) is 5.37. The highest BCUT2D eigenvalue weighted by Gasteiger charge is 2.11. The van der Waals surface area contributed by atoms with Gasteiger partial charge in [-0.25, -0.2) is 0 Å². The Labute approximate surface area is 171 Å². The van der Waals surface area contributed by atoms with Crippen molar-refractivity contribution in [1.82, 2.24) is 4.98 Å². The van der Waals surface area contributed by atoms with E-state index in [0.717, 1.165) is 11.3 Å². The van der Waals surface area contributed by atoms with Gasteiger partial charge in [0.25, 0.3) is 0 Å². The topological polar surface area (TPSA) is 12.9 Å². The zero-order valence-corrected chi connectivity index (χ0v) is 16.3. The minimum Gasteiger partial charge on any atom is -0.256 e. The highest BCUT2D eigenvalue weighted by Crippen LogP contribution is 2.37. The second kappa shape index (κ2) is 7.37. The lowest BCUT2D eigenvalue weighted by Gasteiger charge is -2.13. The smallest absolute Gasteiger partial charge is 0.0704 e. The molecule has 0 aliphatic heterocycles. The third kappa shape index (κ3) is 3.32. The maximum absolute atomic E-state index is 4.57. The molecule has 0 unspecified atom stereocenters. The average Bonchev–Trinajstić information content (AvgIpc) is 2.79. The van der Waals surface area contributed by atoms with E-state index in [1.54, 1.807) is 0 Å². The van der Waals surface area contributed by atoms with Crippen molar-refractivity contribution in [1.29, 1.82) is 0 Å². The SMILES string of the molecule is Cc1ccnc(-c2cccc(-c3cccc4cccc(-c5ccccc5)c34)c2)c1. The van der Waals surface area contributed by atoms with E-state index in [0.29, 0.717) is 0 Å². The van der Waals surface area contributed by atoms with Crippen LogP contribution in [0.4, 0.5) is 0 Å². The summed E-state index contributed by atoms with van der Waals surface area (Å²) in [5, 5.41) is 2.54. The lowest BCUT2D eigenvalue weighted by molar-refractivity contribution is 1.29. The Balaban J connectivity index is 1.73. The Morgan fingerprint density at radius 1 is 0.552 bits per heavy atom. The first-order valence-electron chi connectivity index (χ1n) is 9.90. The summed E-state index contributed by atoms with van der Waals surface area (Å²) < 4.78 is 0. The lowest BCUT2D eigenvalue weighted by Crippen LogP contribution is -1.88. The van der Waals surface area contributed by atoms with E-state index < -0.39 is 0 Å². The molecule has 0 radical (unpaired) electrons. The fourth-order valence-electron chi connectivity index (χ4n) is 3.98. The van der Waals surface area contributed by atoms with Crippen LogP contribution in [0.15, 0.2) is 109 Å². The largest absolute Gasteiger partial charge is 0.256 e. The van der Waals surface area contributed by atoms with Crippen LogP contribution in [0.5, 0.6) is 0 Å². The number of aryl methyl sites for hydroxylation is 1. The molecule has 1 heteroatoms. The second-order valence-corrected chi connectivity index (χ2v) is 7.37. The van der Waals surface area contributed by atoms with Crippen molar-refractivity contribution >= 4 is 10.8 Å². The fraction of sp³-hybridized carbons (Fsp3) is 0.0357. The molecular formula is C28H21N. The van der Waals surface area contributed by atoms with Crippen LogP contribution in [0.2, 0.25) is 0 Å². The molecule has 0 saturated carbocycles. The van der Waals surface area contributed by atoms with Crippen molar-refractivity contribution in [3.05, 3.63) is 115 Å². The standard InChI is InChI=1S/C28H21N/c1-20-16-17-29-27(18-20)24-13-5-12-23(19-24)26-15-7-11-22-10-6-14-25(28(22)26)21-8-3-2-4-9-21/h2-19H,1H3. The Bertz CT molecular complexity index is 1300. The van der Waals surface area contributed by atoms with Gasteiger partial charge < -0.3 is 0 Å². The minimum atomic E-state index is 1.01. The van der Waals surface area contributed by atoms with Crippen LogP contribution in [0.25, 0.3) is 44.3 Å². The fourth-order valence-corrected chi connectivity index (χ4v) is 3.98. The molecule has 4 aromatic carbocycles. The predicted molar refractivity (Wildman–Crippen MR) is 123 cm³/mol. The molecule has 1 aromatic heterocycles. The summed E-state index contributed by atoms with van der Waals surface area (Å²) in [4.78, 5) is 4.57. The summed E-state index contributed by atoms with van der Waals surface area (Å²) in [6, 6.07) is 36.6. The van der Waals surface area contributed by atoms with Crippen molar-refractivity contribution in [2.45, 2.75) is 6.92 Å². The Morgan fingerprint density at radius 2 is 1.21 bits per heavy atom. The molecule has 0 aliphatic carbocycles. The van der Waals surface area contributed by atoms with Gasteiger partial charge in [0.2, 0.25) is 0 Å². The van der Waals surface area contributed by atoms with E-state index in [1.807, 2.05) is 12.3 Å². The van der Waals surface area contributed by atoms with Crippen LogP contribution in [0.3, 0.4) is 0 Å². The molecule has 0 spiro atoms. The number of pyridine rings is 1. The zero-order chi connectivity index (χ0) is 19.6. The van der Waals surface area contributed by atoms with E-state index >= 15 is 0 Å². The molecule has 1 nitrogen and oxygen atoms in total. The first-order valence-corrected chi connectivity index (χ1v) is 9.90. The molecule has 0 bridgehead atoms. The number of hydrogen-bond donors (Lipinski definition) is 0. The van der Waals surface area contributed by atoms with Crippen LogP contribution < -0.4 is 0 Å². The molecule has 0 saturated heterocycles. The van der Waals surface area contributed by atoms with Crippen LogP contribution in [0, 0.1) is 6.92 Å². The van der Waals surface area contributed by atoms with Crippen molar-refractivity contribution in [2.24, 2.45) is 0 Å². The highest BCUT2D eigenvalue weighted by molar-refractivity contribution is 6.06. The van der Waals surface area contributed by atoms with Gasteiger partial charge in [0.1, 0.15) is 0 Å². The normalized spacial score (nSPS) is 10.9. The van der Waals surface area contributed by atoms with Crippen LogP contribution in [-0.2, 0) is 0 Å². The predicted octanol–water partition coefficient (Wildman–Crippen LogP) is 7.54. The van der Waals surface area contributed by atoms with E-state index in [4.69, 9.17) is 0 Å². The maximum Gasteiger partial charge on any atom is 0.0704 e. The molecule has 5 aromatic rings. The van der Waals surface area contributed by atoms with Crippen molar-refractivity contribution < 1.29 is 0 Å². The number of aromatic nitrogens is 1. The minimum absolute atomic E-state index is 1.01. The monoisotopic (exact) mass is 371 g/mol. The van der Waals surface area contributed by atoms with Gasteiger partial charge in [-0.1, -0.05) is 84.9 Å². The first-order chi connectivity index (χ1) is 14.3. The van der Waals surface area contributed by atoms with Gasteiger partial charge in [0.05, 0.1) is 5.69 Å². The van der Waals surface area contributed by atoms with Gasteiger partial charge in [-0.3, -0.25) is 4.98 Å². The van der Waals surface area contributed by atoms with Gasteiger partial charge in [0, 0.05) is 11.8 Å². The second-order valence-electron chi connectivity index (χ2n) is 7.37. The van der Waals surface area contributed by atoms with Crippen molar-refractivity contribution in [3.8, 4) is 33.5 Å². The molecule has 0 amide bonds. The summed E-state index contributed by atoms with van der Waals surface area (Å²) in [5.74, 6) is 0. The Hall–Kier alpha value is -3.71. The summed E-state index contributed by atoms with van der Waals surface area (Å²) in [6.07, 6.45) is 1.88. The summed E-state index contributed by atoms with van der Waals surface area (Å²) >= 11 is 0. The summed E-state index contributed by atoms with van der Waals surface area (Å²) in [7, 11) is 0. The van der Waals surface area contributed by atoms with Gasteiger partial charge in [0.15, 0.2) is 0 Å². The molecular weight excluding hydrogens is 350 g/mol. The van der Waals surface area contributed by atoms with E-state index in [-0.39, 0.29) is 0 Å². The van der Waals surface area contributed by atoms with E-state index in [9.17, 15) is 0 Å². The summed E-state index contributed by atoms with van der Waals surface area (Å²) in [5.41, 5.74) is 8.32. The first kappa shape index (κ1) is 17.4. The number of nitrogens with zero attached hydrogens (tertiary/aromatic N) is 1. The number of fused-ring (bicyclic) bond motifs is 1. The number of benzene rings is 4. The molecule has 138 valence electrons. The highest BCUT2D eigenvalue weighted by atomic mass is 14.7. The Kier molecular flexibility index (Phi) is 4.42. The van der Waals surface area contributed by atoms with Crippen LogP contribution in [0.1, 0.15) is 5.56 Å². The molecule has 0 atom stereocenters. The molecule has 5 rings (SSSR count). The Morgan fingerprint density at radius 3 is 1.97 bits per heavy atom. The van der Waals surface area contributed by atoms with E-state index in [2.05, 4.69) is 109 Å². The van der Waals surface area contributed by atoms with Gasteiger partial charge in [-0.15, -0.1) is 0 Å². The number of rotatable bonds is 3. The molecule has 0 aliphatic rings. The van der Waals surface area contributed by atoms with Gasteiger partial charge in [-0.2, -0.15) is 0 Å². The maximum atomic E-state index is 4.57. The average molecular weight is 371 g/mol. The lowest BCUT2D eigenvalue weighted by atomic mass is 9.91. The van der Waals surface area contributed by atoms with E-state index in [1.165, 1.54) is 38.6 Å². The van der Waals surface area contributed by atoms with Crippen LogP contribution in [-0.4, -0.2) is 4.98 Å². The van der Waals surface area contributed by atoms with Crippen LogP contribution >= 0.6 is 0 Å². The molecule has 0 N–H and O–H groups in total. The molecule has 1 heterocycles. The molecule has 0 fully saturated rings. The molecule has 29 heavy (non-hydrogen) atoms. The summed E-state index contributed by atoms with van der Waals surface area (Å²) in [6.45, 7) is 2.10. The van der Waals surface area contributed by atoms with Gasteiger partial charge >= 0.3 is 0 Å². The quantitative estimate of drug-likeness (QED) is 0.319. The van der Waals surface area contributed by atoms with Crippen molar-refractivity contribution in [2.75, 3.05) is 0 Å².